The number of methoxy groups -OCH3 is 1. The number of hydrogen-bond donors (Lipinski definition) is 1. The minimum atomic E-state index is -0.188. The maximum atomic E-state index is 12.4. The van der Waals surface area contributed by atoms with E-state index in [0.29, 0.717) is 37.2 Å². The van der Waals surface area contributed by atoms with Crippen molar-refractivity contribution in [3.05, 3.63) is 29.3 Å². The number of para-hydroxylation sites is 1. The number of anilines is 1. The molecule has 1 aliphatic rings. The molecule has 0 aliphatic carbocycles. The number of likely N-dealkylation sites (tertiary alicyclic amines) is 1. The minimum absolute atomic E-state index is 0.0606. The molecular weight excluding hydrogens is 256 g/mol. The van der Waals surface area contributed by atoms with Crippen molar-refractivity contribution in [1.82, 2.24) is 4.90 Å². The molecule has 1 amide bonds. The van der Waals surface area contributed by atoms with Crippen LogP contribution in [0.3, 0.4) is 0 Å². The minimum Gasteiger partial charge on any atom is -0.469 e. The monoisotopic (exact) mass is 276 g/mol. The van der Waals surface area contributed by atoms with Gasteiger partial charge in [-0.05, 0) is 31.4 Å². The number of hydrogen-bond acceptors (Lipinski definition) is 4. The third kappa shape index (κ3) is 2.76. The summed E-state index contributed by atoms with van der Waals surface area (Å²) in [5.41, 5.74) is 7.95. The number of esters is 1. The van der Waals surface area contributed by atoms with Gasteiger partial charge in [-0.2, -0.15) is 0 Å². The van der Waals surface area contributed by atoms with Gasteiger partial charge in [-0.15, -0.1) is 0 Å². The van der Waals surface area contributed by atoms with Crippen molar-refractivity contribution < 1.29 is 14.3 Å². The Morgan fingerprint density at radius 3 is 2.55 bits per heavy atom. The van der Waals surface area contributed by atoms with E-state index in [-0.39, 0.29) is 17.8 Å². The van der Waals surface area contributed by atoms with E-state index < -0.39 is 0 Å². The smallest absolute Gasteiger partial charge is 0.308 e. The van der Waals surface area contributed by atoms with E-state index in [1.54, 1.807) is 11.0 Å². The summed E-state index contributed by atoms with van der Waals surface area (Å²) in [4.78, 5) is 25.7. The summed E-state index contributed by atoms with van der Waals surface area (Å²) in [5.74, 6) is -0.347. The van der Waals surface area contributed by atoms with Gasteiger partial charge in [-0.1, -0.05) is 12.1 Å². The van der Waals surface area contributed by atoms with E-state index in [0.717, 1.165) is 5.56 Å². The van der Waals surface area contributed by atoms with Gasteiger partial charge in [-0.3, -0.25) is 9.59 Å². The SMILES string of the molecule is COC(=O)C1CCN(C(=O)c2cccc(C)c2N)CC1. The van der Waals surface area contributed by atoms with Crippen molar-refractivity contribution in [2.75, 3.05) is 25.9 Å². The number of carbonyl (C=O) groups excluding carboxylic acids is 2. The molecule has 2 N–H and O–H groups in total. The van der Waals surface area contributed by atoms with Gasteiger partial charge in [-0.25, -0.2) is 0 Å². The first-order valence-electron chi connectivity index (χ1n) is 6.76. The van der Waals surface area contributed by atoms with E-state index in [2.05, 4.69) is 0 Å². The van der Waals surface area contributed by atoms with Crippen LogP contribution in [0.2, 0.25) is 0 Å². The van der Waals surface area contributed by atoms with Crippen LogP contribution in [0, 0.1) is 12.8 Å². The predicted molar refractivity (Wildman–Crippen MR) is 76.2 cm³/mol. The van der Waals surface area contributed by atoms with Crippen molar-refractivity contribution in [3.8, 4) is 0 Å². The second-order valence-electron chi connectivity index (χ2n) is 5.13. The van der Waals surface area contributed by atoms with E-state index >= 15 is 0 Å². The Balaban J connectivity index is 2.05. The maximum absolute atomic E-state index is 12.4. The Bertz CT molecular complexity index is 520. The zero-order valence-corrected chi connectivity index (χ0v) is 11.9. The lowest BCUT2D eigenvalue weighted by Gasteiger charge is -2.31. The molecule has 5 nitrogen and oxygen atoms in total. The van der Waals surface area contributed by atoms with Gasteiger partial charge in [0.05, 0.1) is 18.6 Å². The average molecular weight is 276 g/mol. The molecule has 1 aromatic carbocycles. The van der Waals surface area contributed by atoms with Crippen LogP contribution >= 0.6 is 0 Å². The fourth-order valence-electron chi connectivity index (χ4n) is 2.52. The van der Waals surface area contributed by atoms with E-state index in [4.69, 9.17) is 10.5 Å². The number of piperidine rings is 1. The number of amides is 1. The summed E-state index contributed by atoms with van der Waals surface area (Å²) >= 11 is 0. The van der Waals surface area contributed by atoms with E-state index in [1.165, 1.54) is 7.11 Å². The molecule has 0 spiro atoms. The van der Waals surface area contributed by atoms with Crippen LogP contribution in [-0.4, -0.2) is 37.0 Å². The van der Waals surface area contributed by atoms with Gasteiger partial charge in [0.25, 0.3) is 5.91 Å². The molecule has 0 saturated carbocycles. The standard InChI is InChI=1S/C15H20N2O3/c1-10-4-3-5-12(13(10)16)14(18)17-8-6-11(7-9-17)15(19)20-2/h3-5,11H,6-9,16H2,1-2H3. The Hall–Kier alpha value is -2.04. The molecule has 1 heterocycles. The summed E-state index contributed by atoms with van der Waals surface area (Å²) in [6.07, 6.45) is 1.29. The summed E-state index contributed by atoms with van der Waals surface area (Å²) < 4.78 is 4.74. The largest absolute Gasteiger partial charge is 0.469 e. The highest BCUT2D eigenvalue weighted by Gasteiger charge is 2.28. The van der Waals surface area contributed by atoms with Gasteiger partial charge in [0.1, 0.15) is 0 Å². The molecule has 0 atom stereocenters. The lowest BCUT2D eigenvalue weighted by atomic mass is 9.96. The van der Waals surface area contributed by atoms with Crippen LogP contribution in [0.25, 0.3) is 0 Å². The second-order valence-corrected chi connectivity index (χ2v) is 5.13. The van der Waals surface area contributed by atoms with Crippen molar-refractivity contribution in [3.63, 3.8) is 0 Å². The lowest BCUT2D eigenvalue weighted by molar-refractivity contribution is -0.146. The first-order valence-corrected chi connectivity index (χ1v) is 6.76. The zero-order chi connectivity index (χ0) is 14.7. The molecule has 1 fully saturated rings. The molecule has 0 bridgehead atoms. The molecule has 5 heteroatoms. The van der Waals surface area contributed by atoms with Crippen LogP contribution in [0.1, 0.15) is 28.8 Å². The number of aryl methyl sites for hydroxylation is 1. The quantitative estimate of drug-likeness (QED) is 0.658. The Kier molecular flexibility index (Phi) is 4.27. The Labute approximate surface area is 118 Å². The maximum Gasteiger partial charge on any atom is 0.308 e. The summed E-state index contributed by atoms with van der Waals surface area (Å²) in [5, 5.41) is 0. The first kappa shape index (κ1) is 14.4. The van der Waals surface area contributed by atoms with Gasteiger partial charge in [0.15, 0.2) is 0 Å². The van der Waals surface area contributed by atoms with Crippen LogP contribution in [0.5, 0.6) is 0 Å². The van der Waals surface area contributed by atoms with E-state index in [1.807, 2.05) is 19.1 Å². The summed E-state index contributed by atoms with van der Waals surface area (Å²) in [6.45, 7) is 3.01. The van der Waals surface area contributed by atoms with Crippen molar-refractivity contribution in [2.45, 2.75) is 19.8 Å². The number of carbonyl (C=O) groups is 2. The molecular formula is C15H20N2O3. The molecule has 20 heavy (non-hydrogen) atoms. The molecule has 0 aromatic heterocycles. The van der Waals surface area contributed by atoms with Crippen LogP contribution in [-0.2, 0) is 9.53 Å². The van der Waals surface area contributed by atoms with Crippen LogP contribution in [0.4, 0.5) is 5.69 Å². The molecule has 0 radical (unpaired) electrons. The molecule has 2 rings (SSSR count). The average Bonchev–Trinajstić information content (AvgIpc) is 2.48. The molecule has 108 valence electrons. The number of nitrogens with zero attached hydrogens (tertiary/aromatic N) is 1. The van der Waals surface area contributed by atoms with Gasteiger partial charge >= 0.3 is 5.97 Å². The van der Waals surface area contributed by atoms with Gasteiger partial charge in [0.2, 0.25) is 0 Å². The third-order valence-corrected chi connectivity index (χ3v) is 3.87. The van der Waals surface area contributed by atoms with E-state index in [9.17, 15) is 9.59 Å². The highest BCUT2D eigenvalue weighted by Crippen LogP contribution is 2.23. The normalized spacial score (nSPS) is 16.0. The highest BCUT2D eigenvalue weighted by molar-refractivity contribution is 5.99. The topological polar surface area (TPSA) is 72.6 Å². The number of benzene rings is 1. The highest BCUT2D eigenvalue weighted by atomic mass is 16.5. The summed E-state index contributed by atoms with van der Waals surface area (Å²) in [6, 6.07) is 5.47. The molecule has 1 aromatic rings. The van der Waals surface area contributed by atoms with Gasteiger partial charge < -0.3 is 15.4 Å². The molecule has 0 unspecified atom stereocenters. The number of nitrogens with two attached hydrogens (primary N) is 1. The zero-order valence-electron chi connectivity index (χ0n) is 11.9. The second kappa shape index (κ2) is 5.94. The van der Waals surface area contributed by atoms with Crippen LogP contribution < -0.4 is 5.73 Å². The van der Waals surface area contributed by atoms with Gasteiger partial charge in [0, 0.05) is 18.8 Å². The van der Waals surface area contributed by atoms with Crippen molar-refractivity contribution >= 4 is 17.6 Å². The number of nitrogen functional groups attached to an aromatic ring is 1. The number of ether oxygens (including phenoxy) is 1. The van der Waals surface area contributed by atoms with Crippen LogP contribution in [0.15, 0.2) is 18.2 Å². The summed E-state index contributed by atoms with van der Waals surface area (Å²) in [7, 11) is 1.40. The van der Waals surface area contributed by atoms with Crippen molar-refractivity contribution in [1.29, 1.82) is 0 Å². The third-order valence-electron chi connectivity index (χ3n) is 3.87. The number of rotatable bonds is 2. The van der Waals surface area contributed by atoms with Crippen molar-refractivity contribution in [2.24, 2.45) is 5.92 Å². The Morgan fingerprint density at radius 2 is 1.95 bits per heavy atom. The fraction of sp³-hybridized carbons (Fsp3) is 0.467. The molecule has 1 saturated heterocycles. The lowest BCUT2D eigenvalue weighted by Crippen LogP contribution is -2.40. The fourth-order valence-corrected chi connectivity index (χ4v) is 2.52. The Morgan fingerprint density at radius 1 is 1.30 bits per heavy atom. The predicted octanol–water partition coefficient (Wildman–Crippen LogP) is 1.60. The molecule has 1 aliphatic heterocycles. The first-order chi connectivity index (χ1) is 9.54.